The molecule has 4 nitrogen and oxygen atoms in total. The highest BCUT2D eigenvalue weighted by atomic mass is 16.5. The summed E-state index contributed by atoms with van der Waals surface area (Å²) in [5.74, 6) is 0.789. The summed E-state index contributed by atoms with van der Waals surface area (Å²) < 4.78 is 10.4. The summed E-state index contributed by atoms with van der Waals surface area (Å²) in [5.41, 5.74) is 3.44. The van der Waals surface area contributed by atoms with Crippen LogP contribution in [-0.2, 0) is 11.2 Å². The second-order valence-corrected chi connectivity index (χ2v) is 5.86. The zero-order valence-electron chi connectivity index (χ0n) is 13.0. The molecule has 2 aromatic rings. The van der Waals surface area contributed by atoms with Gasteiger partial charge >= 0.3 is 5.97 Å². The fraction of sp³-hybridized carbons (Fsp3) is 0.333. The van der Waals surface area contributed by atoms with Crippen molar-refractivity contribution in [2.75, 3.05) is 7.11 Å². The standard InChI is InChI=1S/C18H19NO3/c1-11(2)16-9-12-7-14(17-5-4-6-22-17)15(18(20)21-3)8-13(12)10-19-16/h4-8,10-11,16H,9H2,1-3H3. The molecule has 4 heteroatoms. The van der Waals surface area contributed by atoms with E-state index >= 15 is 0 Å². The van der Waals surface area contributed by atoms with Crippen LogP contribution in [0.2, 0.25) is 0 Å². The van der Waals surface area contributed by atoms with E-state index in [0.29, 0.717) is 17.2 Å². The molecule has 22 heavy (non-hydrogen) atoms. The van der Waals surface area contributed by atoms with Gasteiger partial charge in [-0.1, -0.05) is 13.8 Å². The Hall–Kier alpha value is -2.36. The van der Waals surface area contributed by atoms with Crippen LogP contribution in [-0.4, -0.2) is 25.3 Å². The molecule has 0 fully saturated rings. The Kier molecular flexibility index (Phi) is 3.84. The number of esters is 1. The van der Waals surface area contributed by atoms with E-state index in [1.165, 1.54) is 12.7 Å². The molecule has 1 aromatic heterocycles. The molecule has 0 saturated carbocycles. The predicted octanol–water partition coefficient (Wildman–Crippen LogP) is 3.73. The number of hydrogen-bond acceptors (Lipinski definition) is 4. The van der Waals surface area contributed by atoms with Gasteiger partial charge in [0.05, 0.1) is 25.0 Å². The van der Waals surface area contributed by atoms with Crippen LogP contribution in [0, 0.1) is 5.92 Å². The smallest absolute Gasteiger partial charge is 0.338 e. The monoisotopic (exact) mass is 297 g/mol. The molecule has 0 bridgehead atoms. The van der Waals surface area contributed by atoms with Gasteiger partial charge in [0.15, 0.2) is 0 Å². The minimum atomic E-state index is -0.367. The van der Waals surface area contributed by atoms with E-state index in [9.17, 15) is 4.79 Å². The molecule has 0 radical (unpaired) electrons. The highest BCUT2D eigenvalue weighted by molar-refractivity contribution is 5.99. The van der Waals surface area contributed by atoms with Crippen LogP contribution in [0.1, 0.15) is 35.3 Å². The van der Waals surface area contributed by atoms with Crippen molar-refractivity contribution in [3.63, 3.8) is 0 Å². The number of hydrogen-bond donors (Lipinski definition) is 0. The molecule has 2 heterocycles. The Morgan fingerprint density at radius 3 is 2.86 bits per heavy atom. The summed E-state index contributed by atoms with van der Waals surface area (Å²) >= 11 is 0. The lowest BCUT2D eigenvalue weighted by Gasteiger charge is -2.23. The van der Waals surface area contributed by atoms with E-state index in [-0.39, 0.29) is 12.0 Å². The largest absolute Gasteiger partial charge is 0.465 e. The van der Waals surface area contributed by atoms with Crippen molar-refractivity contribution in [2.24, 2.45) is 10.9 Å². The van der Waals surface area contributed by atoms with Crippen LogP contribution < -0.4 is 0 Å². The van der Waals surface area contributed by atoms with E-state index < -0.39 is 0 Å². The number of ether oxygens (including phenoxy) is 1. The third-order valence-corrected chi connectivity index (χ3v) is 4.08. The van der Waals surface area contributed by atoms with Crippen molar-refractivity contribution in [3.05, 3.63) is 47.2 Å². The number of fused-ring (bicyclic) bond motifs is 1. The van der Waals surface area contributed by atoms with Crippen LogP contribution in [0.15, 0.2) is 39.9 Å². The number of carbonyl (C=O) groups is 1. The van der Waals surface area contributed by atoms with Crippen molar-refractivity contribution < 1.29 is 13.9 Å². The Morgan fingerprint density at radius 2 is 2.23 bits per heavy atom. The quantitative estimate of drug-likeness (QED) is 0.811. The lowest BCUT2D eigenvalue weighted by molar-refractivity contribution is 0.0601. The summed E-state index contributed by atoms with van der Waals surface area (Å²) in [4.78, 5) is 16.7. The normalized spacial score (nSPS) is 16.6. The van der Waals surface area contributed by atoms with Gasteiger partial charge in [-0.05, 0) is 47.7 Å². The highest BCUT2D eigenvalue weighted by Gasteiger charge is 2.23. The fourth-order valence-corrected chi connectivity index (χ4v) is 2.73. The van der Waals surface area contributed by atoms with Crippen LogP contribution >= 0.6 is 0 Å². The molecule has 1 aliphatic rings. The third kappa shape index (κ3) is 2.56. The van der Waals surface area contributed by atoms with Crippen molar-refractivity contribution in [3.8, 4) is 11.3 Å². The number of carbonyl (C=O) groups excluding carboxylic acids is 1. The van der Waals surface area contributed by atoms with Gasteiger partial charge in [0.25, 0.3) is 0 Å². The van der Waals surface area contributed by atoms with E-state index in [2.05, 4.69) is 18.8 Å². The fourth-order valence-electron chi connectivity index (χ4n) is 2.73. The Balaban J connectivity index is 2.12. The lowest BCUT2D eigenvalue weighted by atomic mass is 9.88. The number of benzene rings is 1. The molecule has 0 amide bonds. The van der Waals surface area contributed by atoms with Crippen molar-refractivity contribution >= 4 is 12.2 Å². The number of furan rings is 1. The maximum atomic E-state index is 12.1. The molecule has 1 atom stereocenters. The van der Waals surface area contributed by atoms with Gasteiger partial charge < -0.3 is 9.15 Å². The Morgan fingerprint density at radius 1 is 1.41 bits per heavy atom. The first-order valence-electron chi connectivity index (χ1n) is 7.42. The maximum Gasteiger partial charge on any atom is 0.338 e. The number of aliphatic imine (C=N–C) groups is 1. The molecule has 0 saturated heterocycles. The van der Waals surface area contributed by atoms with E-state index in [0.717, 1.165) is 17.5 Å². The maximum absolute atomic E-state index is 12.1. The molecule has 0 spiro atoms. The number of methoxy groups -OCH3 is 1. The molecule has 0 N–H and O–H groups in total. The molecule has 1 unspecified atom stereocenters. The number of nitrogens with zero attached hydrogens (tertiary/aromatic N) is 1. The summed E-state index contributed by atoms with van der Waals surface area (Å²) in [5, 5.41) is 0. The minimum absolute atomic E-state index is 0.279. The zero-order valence-corrected chi connectivity index (χ0v) is 13.0. The number of rotatable bonds is 3. The molecule has 0 aliphatic carbocycles. The van der Waals surface area contributed by atoms with E-state index in [4.69, 9.17) is 9.15 Å². The van der Waals surface area contributed by atoms with Gasteiger partial charge in [0, 0.05) is 11.8 Å². The summed E-state index contributed by atoms with van der Waals surface area (Å²) in [7, 11) is 1.39. The Bertz CT molecular complexity index is 714. The van der Waals surface area contributed by atoms with Crippen LogP contribution in [0.4, 0.5) is 0 Å². The van der Waals surface area contributed by atoms with Crippen molar-refractivity contribution in [1.29, 1.82) is 0 Å². The average Bonchev–Trinajstić information content (AvgIpc) is 3.06. The van der Waals surface area contributed by atoms with Crippen LogP contribution in [0.5, 0.6) is 0 Å². The summed E-state index contributed by atoms with van der Waals surface area (Å²) in [6.07, 6.45) is 4.34. The van der Waals surface area contributed by atoms with Crippen molar-refractivity contribution in [1.82, 2.24) is 0 Å². The molecule has 1 aliphatic heterocycles. The van der Waals surface area contributed by atoms with Gasteiger partial charge in [0.2, 0.25) is 0 Å². The zero-order chi connectivity index (χ0) is 15.7. The predicted molar refractivity (Wildman–Crippen MR) is 85.4 cm³/mol. The molecule has 1 aromatic carbocycles. The molecule has 3 rings (SSSR count). The molecule has 114 valence electrons. The van der Waals surface area contributed by atoms with Crippen LogP contribution in [0.3, 0.4) is 0 Å². The summed E-state index contributed by atoms with van der Waals surface area (Å²) in [6.45, 7) is 4.34. The highest BCUT2D eigenvalue weighted by Crippen LogP contribution is 2.31. The van der Waals surface area contributed by atoms with E-state index in [1.54, 1.807) is 6.26 Å². The minimum Gasteiger partial charge on any atom is -0.465 e. The lowest BCUT2D eigenvalue weighted by Crippen LogP contribution is -2.21. The first kappa shape index (κ1) is 14.6. The van der Waals surface area contributed by atoms with Gasteiger partial charge in [0.1, 0.15) is 5.76 Å². The van der Waals surface area contributed by atoms with Gasteiger partial charge in [-0.25, -0.2) is 4.79 Å². The van der Waals surface area contributed by atoms with Gasteiger partial charge in [-0.2, -0.15) is 0 Å². The molecular weight excluding hydrogens is 278 g/mol. The topological polar surface area (TPSA) is 51.8 Å². The van der Waals surface area contributed by atoms with Crippen molar-refractivity contribution in [2.45, 2.75) is 26.3 Å². The second-order valence-electron chi connectivity index (χ2n) is 5.86. The SMILES string of the molecule is COC(=O)c1cc2c(cc1-c1ccco1)CC(C(C)C)N=C2. The second kappa shape index (κ2) is 5.79. The first-order valence-corrected chi connectivity index (χ1v) is 7.42. The summed E-state index contributed by atoms with van der Waals surface area (Å²) in [6, 6.07) is 7.82. The third-order valence-electron chi connectivity index (χ3n) is 4.08. The molecular formula is C18H19NO3. The first-order chi connectivity index (χ1) is 10.6. The van der Waals surface area contributed by atoms with E-state index in [1.807, 2.05) is 30.5 Å². The van der Waals surface area contributed by atoms with Gasteiger partial charge in [-0.15, -0.1) is 0 Å². The van der Waals surface area contributed by atoms with Gasteiger partial charge in [-0.3, -0.25) is 4.99 Å². The Labute approximate surface area is 129 Å². The average molecular weight is 297 g/mol. The van der Waals surface area contributed by atoms with Crippen LogP contribution in [0.25, 0.3) is 11.3 Å².